The molecule has 1 aliphatic heterocycles. The molecule has 0 spiro atoms. The summed E-state index contributed by atoms with van der Waals surface area (Å²) in [5.74, 6) is 1.50. The molecule has 134 valence electrons. The van der Waals surface area contributed by atoms with Crippen LogP contribution in [0.1, 0.15) is 35.1 Å². The minimum Gasteiger partial charge on any atom is -0.466 e. The van der Waals surface area contributed by atoms with Crippen molar-refractivity contribution in [2.75, 3.05) is 6.26 Å². The summed E-state index contributed by atoms with van der Waals surface area (Å²) in [4.78, 5) is 8.72. The number of fused-ring (bicyclic) bond motifs is 1. The van der Waals surface area contributed by atoms with Crippen LogP contribution in [0.3, 0.4) is 0 Å². The second kappa shape index (κ2) is 5.91. The lowest BCUT2D eigenvalue weighted by Crippen LogP contribution is -2.26. The Bertz CT molecular complexity index is 1130. The van der Waals surface area contributed by atoms with E-state index in [1.807, 2.05) is 38.1 Å². The van der Waals surface area contributed by atoms with Crippen molar-refractivity contribution in [3.63, 3.8) is 0 Å². The molecule has 1 aliphatic rings. The summed E-state index contributed by atoms with van der Waals surface area (Å²) in [5, 5.41) is 4.42. The zero-order valence-electron chi connectivity index (χ0n) is 14.7. The molecule has 0 aliphatic carbocycles. The second-order valence-electron chi connectivity index (χ2n) is 6.40. The lowest BCUT2D eigenvalue weighted by molar-refractivity contribution is 0.376. The number of sulfonamides is 1. The number of hydrogen-bond donors (Lipinski definition) is 0. The van der Waals surface area contributed by atoms with Crippen LogP contribution in [0, 0.1) is 13.8 Å². The molecule has 0 bridgehead atoms. The van der Waals surface area contributed by atoms with Crippen LogP contribution in [0.2, 0.25) is 0 Å². The first-order chi connectivity index (χ1) is 12.3. The van der Waals surface area contributed by atoms with Gasteiger partial charge < -0.3 is 4.42 Å². The van der Waals surface area contributed by atoms with Gasteiger partial charge in [0.2, 0.25) is 10.0 Å². The molecule has 8 heteroatoms. The molecule has 2 aromatic heterocycles. The molecule has 0 amide bonds. The van der Waals surface area contributed by atoms with Crippen molar-refractivity contribution >= 4 is 26.8 Å². The molecule has 26 heavy (non-hydrogen) atoms. The van der Waals surface area contributed by atoms with Gasteiger partial charge in [-0.3, -0.25) is 9.97 Å². The average molecular weight is 370 g/mol. The fraction of sp³-hybridized carbons (Fsp3) is 0.278. The smallest absolute Gasteiger partial charge is 0.247 e. The lowest BCUT2D eigenvalue weighted by atomic mass is 9.98. The molecule has 0 radical (unpaired) electrons. The molecule has 0 saturated heterocycles. The minimum atomic E-state index is -3.55. The summed E-state index contributed by atoms with van der Waals surface area (Å²) < 4.78 is 31.5. The van der Waals surface area contributed by atoms with E-state index in [9.17, 15) is 8.42 Å². The third kappa shape index (κ3) is 2.76. The Morgan fingerprint density at radius 3 is 2.65 bits per heavy atom. The molecule has 4 rings (SSSR count). The molecule has 1 unspecified atom stereocenters. The molecule has 0 saturated carbocycles. The molecule has 0 fully saturated rings. The van der Waals surface area contributed by atoms with E-state index in [2.05, 4.69) is 15.1 Å². The number of hydrazone groups is 1. The maximum Gasteiger partial charge on any atom is 0.247 e. The normalized spacial score (nSPS) is 17.7. The third-order valence-corrected chi connectivity index (χ3v) is 5.47. The highest BCUT2D eigenvalue weighted by Crippen LogP contribution is 2.37. The standard InChI is InChI=1S/C18H18N4O3S/c1-11-9-14(12(2)25-11)16-10-17(22(21-16)26(3,23)24)13-5-4-6-15-18(13)20-8-7-19-15/h4-9,17H,10H2,1-3H3. The summed E-state index contributed by atoms with van der Waals surface area (Å²) in [6, 6.07) is 7.02. The van der Waals surface area contributed by atoms with Crippen LogP contribution in [-0.4, -0.2) is 34.8 Å². The van der Waals surface area contributed by atoms with Crippen LogP contribution in [0.5, 0.6) is 0 Å². The first-order valence-corrected chi connectivity index (χ1v) is 10.0. The van der Waals surface area contributed by atoms with E-state index in [1.165, 1.54) is 4.41 Å². The highest BCUT2D eigenvalue weighted by molar-refractivity contribution is 7.88. The number of nitrogens with zero attached hydrogens (tertiary/aromatic N) is 4. The Morgan fingerprint density at radius 2 is 1.96 bits per heavy atom. The van der Waals surface area contributed by atoms with E-state index in [0.717, 1.165) is 34.4 Å². The van der Waals surface area contributed by atoms with Crippen LogP contribution in [0.25, 0.3) is 11.0 Å². The number of aromatic nitrogens is 2. The number of hydrogen-bond acceptors (Lipinski definition) is 6. The summed E-state index contributed by atoms with van der Waals surface area (Å²) in [6.45, 7) is 3.71. The van der Waals surface area contributed by atoms with Crippen LogP contribution in [-0.2, 0) is 10.0 Å². The Labute approximate surface area is 151 Å². The number of rotatable bonds is 3. The zero-order chi connectivity index (χ0) is 18.5. The molecular formula is C18H18N4O3S. The largest absolute Gasteiger partial charge is 0.466 e. The topological polar surface area (TPSA) is 88.7 Å². The molecule has 3 aromatic rings. The van der Waals surface area contributed by atoms with Gasteiger partial charge in [-0.05, 0) is 26.0 Å². The van der Waals surface area contributed by atoms with Crippen molar-refractivity contribution in [2.45, 2.75) is 26.3 Å². The van der Waals surface area contributed by atoms with Gasteiger partial charge in [-0.2, -0.15) is 9.52 Å². The Kier molecular flexibility index (Phi) is 3.80. The maximum atomic E-state index is 12.4. The summed E-state index contributed by atoms with van der Waals surface area (Å²) >= 11 is 0. The van der Waals surface area contributed by atoms with Gasteiger partial charge in [0.1, 0.15) is 11.5 Å². The monoisotopic (exact) mass is 370 g/mol. The van der Waals surface area contributed by atoms with E-state index in [1.54, 1.807) is 12.4 Å². The van der Waals surface area contributed by atoms with Crippen molar-refractivity contribution in [1.29, 1.82) is 0 Å². The second-order valence-corrected chi connectivity index (χ2v) is 8.24. The predicted molar refractivity (Wildman–Crippen MR) is 98.3 cm³/mol. The molecular weight excluding hydrogens is 352 g/mol. The maximum absolute atomic E-state index is 12.4. The Morgan fingerprint density at radius 1 is 1.19 bits per heavy atom. The quantitative estimate of drug-likeness (QED) is 0.707. The van der Waals surface area contributed by atoms with Crippen molar-refractivity contribution in [1.82, 2.24) is 14.4 Å². The summed E-state index contributed by atoms with van der Waals surface area (Å²) in [7, 11) is -3.55. The fourth-order valence-corrected chi connectivity index (χ4v) is 4.29. The van der Waals surface area contributed by atoms with Gasteiger partial charge in [-0.1, -0.05) is 12.1 Å². The van der Waals surface area contributed by atoms with Crippen LogP contribution in [0.15, 0.2) is 46.2 Å². The average Bonchev–Trinajstić information content (AvgIpc) is 3.17. The highest BCUT2D eigenvalue weighted by atomic mass is 32.2. The van der Waals surface area contributed by atoms with E-state index in [0.29, 0.717) is 17.6 Å². The number of furan rings is 1. The highest BCUT2D eigenvalue weighted by Gasteiger charge is 2.36. The van der Waals surface area contributed by atoms with Crippen molar-refractivity contribution in [2.24, 2.45) is 5.10 Å². The lowest BCUT2D eigenvalue weighted by Gasteiger charge is -2.22. The Hall–Kier alpha value is -2.74. The van der Waals surface area contributed by atoms with Gasteiger partial charge in [-0.25, -0.2) is 8.42 Å². The van der Waals surface area contributed by atoms with Crippen molar-refractivity contribution in [3.05, 3.63) is 59.3 Å². The summed E-state index contributed by atoms with van der Waals surface area (Å²) in [6.07, 6.45) is 4.84. The van der Waals surface area contributed by atoms with E-state index < -0.39 is 16.1 Å². The van der Waals surface area contributed by atoms with E-state index in [4.69, 9.17) is 4.42 Å². The van der Waals surface area contributed by atoms with Gasteiger partial charge in [0.25, 0.3) is 0 Å². The van der Waals surface area contributed by atoms with E-state index >= 15 is 0 Å². The first kappa shape index (κ1) is 16.7. The van der Waals surface area contributed by atoms with E-state index in [-0.39, 0.29) is 0 Å². The molecule has 0 N–H and O–H groups in total. The summed E-state index contributed by atoms with van der Waals surface area (Å²) in [5.41, 5.74) is 3.73. The SMILES string of the molecule is Cc1cc(C2=NN(S(C)(=O)=O)C(c3cccc4nccnc34)C2)c(C)o1. The van der Waals surface area contributed by atoms with Crippen molar-refractivity contribution in [3.8, 4) is 0 Å². The number of aryl methyl sites for hydroxylation is 2. The number of para-hydroxylation sites is 1. The minimum absolute atomic E-state index is 0.447. The third-order valence-electron chi connectivity index (χ3n) is 4.45. The zero-order valence-corrected chi connectivity index (χ0v) is 15.5. The van der Waals surface area contributed by atoms with Crippen molar-refractivity contribution < 1.29 is 12.8 Å². The molecule has 1 aromatic carbocycles. The van der Waals surface area contributed by atoms with Crippen LogP contribution in [0.4, 0.5) is 0 Å². The molecule has 3 heterocycles. The Balaban J connectivity index is 1.85. The van der Waals surface area contributed by atoms with Gasteiger partial charge in [0.05, 0.1) is 29.0 Å². The van der Waals surface area contributed by atoms with Crippen LogP contribution < -0.4 is 0 Å². The number of benzene rings is 1. The van der Waals surface area contributed by atoms with Crippen LogP contribution >= 0.6 is 0 Å². The molecule has 7 nitrogen and oxygen atoms in total. The first-order valence-electron chi connectivity index (χ1n) is 8.18. The molecule has 1 atom stereocenters. The van der Waals surface area contributed by atoms with Gasteiger partial charge in [-0.15, -0.1) is 0 Å². The fourth-order valence-electron chi connectivity index (χ4n) is 3.39. The van der Waals surface area contributed by atoms with Gasteiger partial charge >= 0.3 is 0 Å². The predicted octanol–water partition coefficient (Wildman–Crippen LogP) is 2.95. The van der Waals surface area contributed by atoms with Gasteiger partial charge in [0, 0.05) is 29.9 Å². The van der Waals surface area contributed by atoms with Gasteiger partial charge in [0.15, 0.2) is 0 Å².